The number of hydrogen-bond donors (Lipinski definition) is 0. The summed E-state index contributed by atoms with van der Waals surface area (Å²) in [6.07, 6.45) is 0.757. The van der Waals surface area contributed by atoms with Crippen molar-refractivity contribution >= 4 is 11.9 Å². The molecule has 0 radical (unpaired) electrons. The zero-order valence-corrected chi connectivity index (χ0v) is 13.9. The highest BCUT2D eigenvalue weighted by atomic mass is 19.3. The van der Waals surface area contributed by atoms with Gasteiger partial charge in [-0.05, 0) is 12.8 Å². The zero-order chi connectivity index (χ0) is 17.2. The first-order chi connectivity index (χ1) is 11.0. The van der Waals surface area contributed by atoms with Crippen molar-refractivity contribution < 1.29 is 27.8 Å². The summed E-state index contributed by atoms with van der Waals surface area (Å²) >= 11 is 0. The van der Waals surface area contributed by atoms with Gasteiger partial charge in [-0.2, -0.15) is 0 Å². The average molecular weight is 335 g/mol. The maximum absolute atomic E-state index is 12.6. The maximum atomic E-state index is 12.6. The van der Waals surface area contributed by atoms with Crippen LogP contribution in [0.4, 0.5) is 8.78 Å². The Labute approximate surface area is 136 Å². The van der Waals surface area contributed by atoms with Gasteiger partial charge in [0.15, 0.2) is 0 Å². The molecule has 1 rings (SSSR count). The van der Waals surface area contributed by atoms with E-state index in [-0.39, 0.29) is 26.3 Å². The molecule has 23 heavy (non-hydrogen) atoms. The fourth-order valence-electron chi connectivity index (χ4n) is 2.56. The highest BCUT2D eigenvalue weighted by Gasteiger charge is 2.44. The third-order valence-electron chi connectivity index (χ3n) is 3.88. The third kappa shape index (κ3) is 6.81. The molecule has 0 unspecified atom stereocenters. The molecular weight excluding hydrogens is 308 g/mol. The van der Waals surface area contributed by atoms with E-state index in [4.69, 9.17) is 9.47 Å². The van der Waals surface area contributed by atoms with Crippen molar-refractivity contribution in [1.29, 1.82) is 0 Å². The number of nitrogens with zero attached hydrogens (tertiary/aromatic N) is 1. The molecule has 2 atom stereocenters. The number of halogens is 2. The van der Waals surface area contributed by atoms with Gasteiger partial charge in [-0.1, -0.05) is 26.7 Å². The van der Waals surface area contributed by atoms with Crippen LogP contribution in [0, 0.1) is 11.8 Å². The Hall–Kier alpha value is -1.24. The first-order valence-electron chi connectivity index (χ1n) is 8.33. The predicted molar refractivity (Wildman–Crippen MR) is 81.2 cm³/mol. The van der Waals surface area contributed by atoms with Crippen molar-refractivity contribution in [2.24, 2.45) is 11.8 Å². The Bertz CT molecular complexity index is 349. The topological polar surface area (TPSA) is 55.8 Å². The summed E-state index contributed by atoms with van der Waals surface area (Å²) in [6, 6.07) is 0. The van der Waals surface area contributed by atoms with E-state index < -0.39 is 36.7 Å². The molecule has 0 spiro atoms. The molecule has 0 aromatic carbocycles. The smallest absolute Gasteiger partial charge is 0.311 e. The fourth-order valence-corrected chi connectivity index (χ4v) is 2.56. The molecule has 1 fully saturated rings. The van der Waals surface area contributed by atoms with Gasteiger partial charge >= 0.3 is 11.9 Å². The average Bonchev–Trinajstić information content (AvgIpc) is 2.90. The van der Waals surface area contributed by atoms with Gasteiger partial charge in [0.05, 0.1) is 31.6 Å². The molecule has 5 nitrogen and oxygen atoms in total. The summed E-state index contributed by atoms with van der Waals surface area (Å²) in [7, 11) is 0. The van der Waals surface area contributed by atoms with E-state index in [2.05, 4.69) is 0 Å². The van der Waals surface area contributed by atoms with Gasteiger partial charge in [0.2, 0.25) is 0 Å². The quantitative estimate of drug-likeness (QED) is 0.453. The van der Waals surface area contributed by atoms with Crippen LogP contribution < -0.4 is 0 Å². The number of esters is 2. The molecule has 1 heterocycles. The molecule has 134 valence electrons. The second kappa shape index (κ2) is 10.5. The minimum Gasteiger partial charge on any atom is -0.465 e. The molecule has 0 amide bonds. The number of carbonyl (C=O) groups excluding carboxylic acids is 2. The maximum Gasteiger partial charge on any atom is 0.311 e. The fraction of sp³-hybridized carbons (Fsp3) is 0.875. The van der Waals surface area contributed by atoms with Crippen LogP contribution in [-0.2, 0) is 19.1 Å². The van der Waals surface area contributed by atoms with Gasteiger partial charge in [-0.15, -0.1) is 0 Å². The van der Waals surface area contributed by atoms with Crippen molar-refractivity contribution in [2.75, 3.05) is 32.8 Å². The van der Waals surface area contributed by atoms with E-state index in [0.29, 0.717) is 0 Å². The van der Waals surface area contributed by atoms with Crippen LogP contribution in [0.15, 0.2) is 0 Å². The number of alkyl halides is 2. The second-order valence-electron chi connectivity index (χ2n) is 5.86. The van der Waals surface area contributed by atoms with Gasteiger partial charge in [-0.3, -0.25) is 14.5 Å². The van der Waals surface area contributed by atoms with E-state index in [1.165, 1.54) is 4.90 Å². The van der Waals surface area contributed by atoms with Crippen LogP contribution in [-0.4, -0.2) is 56.1 Å². The number of carbonyl (C=O) groups is 2. The molecule has 0 aliphatic carbocycles. The molecule has 0 aromatic heterocycles. The van der Waals surface area contributed by atoms with E-state index >= 15 is 0 Å². The summed E-state index contributed by atoms with van der Waals surface area (Å²) in [6.45, 7) is 4.31. The van der Waals surface area contributed by atoms with Gasteiger partial charge in [0.1, 0.15) is 0 Å². The Morgan fingerprint density at radius 2 is 1.43 bits per heavy atom. The van der Waals surface area contributed by atoms with Crippen molar-refractivity contribution in [3.8, 4) is 0 Å². The van der Waals surface area contributed by atoms with E-state index in [0.717, 1.165) is 25.7 Å². The van der Waals surface area contributed by atoms with Crippen molar-refractivity contribution in [1.82, 2.24) is 4.90 Å². The van der Waals surface area contributed by atoms with Crippen LogP contribution in [0.25, 0.3) is 0 Å². The monoisotopic (exact) mass is 335 g/mol. The molecule has 1 aliphatic rings. The Morgan fingerprint density at radius 1 is 1.00 bits per heavy atom. The standard InChI is InChI=1S/C16H27F2NO4/c1-3-5-7-22-15(20)12-9-19(11-14(17)18)10-13(12)16(21)23-8-6-4-2/h12-14H,3-11H2,1-2H3/t12-,13-/m0/s1. The van der Waals surface area contributed by atoms with Crippen molar-refractivity contribution in [2.45, 2.75) is 46.0 Å². The molecule has 7 heteroatoms. The highest BCUT2D eigenvalue weighted by Crippen LogP contribution is 2.27. The summed E-state index contributed by atoms with van der Waals surface area (Å²) in [4.78, 5) is 25.7. The summed E-state index contributed by atoms with van der Waals surface area (Å²) in [5, 5.41) is 0. The van der Waals surface area contributed by atoms with Crippen molar-refractivity contribution in [3.63, 3.8) is 0 Å². The lowest BCUT2D eigenvalue weighted by molar-refractivity contribution is -0.158. The van der Waals surface area contributed by atoms with Crippen LogP contribution in [0.3, 0.4) is 0 Å². The second-order valence-corrected chi connectivity index (χ2v) is 5.86. The normalized spacial score (nSPS) is 21.6. The summed E-state index contributed by atoms with van der Waals surface area (Å²) in [5.41, 5.74) is 0. The van der Waals surface area contributed by atoms with Crippen LogP contribution in [0.2, 0.25) is 0 Å². The lowest BCUT2D eigenvalue weighted by Crippen LogP contribution is -2.31. The zero-order valence-electron chi connectivity index (χ0n) is 13.9. The Kier molecular flexibility index (Phi) is 9.06. The Morgan fingerprint density at radius 3 is 1.78 bits per heavy atom. The minimum absolute atomic E-state index is 0.114. The largest absolute Gasteiger partial charge is 0.465 e. The highest BCUT2D eigenvalue weighted by molar-refractivity contribution is 5.83. The molecule has 0 N–H and O–H groups in total. The van der Waals surface area contributed by atoms with E-state index in [1.807, 2.05) is 13.8 Å². The first-order valence-corrected chi connectivity index (χ1v) is 8.33. The number of rotatable bonds is 10. The van der Waals surface area contributed by atoms with Gasteiger partial charge in [-0.25, -0.2) is 8.78 Å². The molecule has 0 bridgehead atoms. The number of likely N-dealkylation sites (tertiary alicyclic amines) is 1. The number of hydrogen-bond acceptors (Lipinski definition) is 5. The molecular formula is C16H27F2NO4. The summed E-state index contributed by atoms with van der Waals surface area (Å²) in [5.74, 6) is -2.43. The lowest BCUT2D eigenvalue weighted by atomic mass is 9.96. The van der Waals surface area contributed by atoms with Gasteiger partial charge < -0.3 is 9.47 Å². The molecule has 0 saturated carbocycles. The first kappa shape index (κ1) is 19.8. The third-order valence-corrected chi connectivity index (χ3v) is 3.88. The van der Waals surface area contributed by atoms with Crippen LogP contribution in [0.5, 0.6) is 0 Å². The SMILES string of the molecule is CCCCOC(=O)[C@H]1CN(CC(F)F)C[C@@H]1C(=O)OCCCC. The molecule has 1 saturated heterocycles. The van der Waals surface area contributed by atoms with E-state index in [9.17, 15) is 18.4 Å². The van der Waals surface area contributed by atoms with Gasteiger partial charge in [0, 0.05) is 13.1 Å². The van der Waals surface area contributed by atoms with Crippen molar-refractivity contribution in [3.05, 3.63) is 0 Å². The predicted octanol–water partition coefficient (Wildman–Crippen LogP) is 2.49. The van der Waals surface area contributed by atoms with E-state index in [1.54, 1.807) is 0 Å². The molecule has 1 aliphatic heterocycles. The minimum atomic E-state index is -2.50. The molecule has 0 aromatic rings. The number of unbranched alkanes of at least 4 members (excludes halogenated alkanes) is 2. The summed E-state index contributed by atoms with van der Waals surface area (Å²) < 4.78 is 35.5. The van der Waals surface area contributed by atoms with Gasteiger partial charge in [0.25, 0.3) is 6.43 Å². The lowest BCUT2D eigenvalue weighted by Gasteiger charge is -2.16. The Balaban J connectivity index is 2.64. The number of ether oxygens (including phenoxy) is 2. The van der Waals surface area contributed by atoms with Crippen LogP contribution in [0.1, 0.15) is 39.5 Å². The van der Waals surface area contributed by atoms with Crippen LogP contribution >= 0.6 is 0 Å².